The quantitative estimate of drug-likeness (QED) is 0.808. The molecule has 2 rings (SSSR count). The van der Waals surface area contributed by atoms with Crippen molar-refractivity contribution < 1.29 is 8.42 Å². The predicted molar refractivity (Wildman–Crippen MR) is 81.0 cm³/mol. The summed E-state index contributed by atoms with van der Waals surface area (Å²) in [6.45, 7) is 5.37. The standard InChI is InChI=1S/C15H24N2O2S/c1-4-13-6-5-12(9-16-3)8-15(13)20(18,19)17-10-14-7-11(14)2/h5-6,8,11,14,16-17H,4,7,9-10H2,1-3H3. The Kier molecular flexibility index (Phi) is 4.83. The lowest BCUT2D eigenvalue weighted by molar-refractivity contribution is 0.573. The van der Waals surface area contributed by atoms with Gasteiger partial charge >= 0.3 is 0 Å². The highest BCUT2D eigenvalue weighted by molar-refractivity contribution is 7.89. The summed E-state index contributed by atoms with van der Waals surface area (Å²) in [4.78, 5) is 0.432. The maximum Gasteiger partial charge on any atom is 0.240 e. The summed E-state index contributed by atoms with van der Waals surface area (Å²) in [5.41, 5.74) is 1.87. The van der Waals surface area contributed by atoms with E-state index in [1.54, 1.807) is 6.07 Å². The molecular weight excluding hydrogens is 272 g/mol. The van der Waals surface area contributed by atoms with Crippen LogP contribution in [0.25, 0.3) is 0 Å². The Hall–Kier alpha value is -0.910. The zero-order valence-corrected chi connectivity index (χ0v) is 13.3. The molecule has 0 aromatic heterocycles. The minimum atomic E-state index is -3.40. The molecule has 2 unspecified atom stereocenters. The Morgan fingerprint density at radius 2 is 2.05 bits per heavy atom. The second-order valence-corrected chi connectivity index (χ2v) is 7.39. The molecule has 5 heteroatoms. The number of hydrogen-bond acceptors (Lipinski definition) is 3. The van der Waals surface area contributed by atoms with Crippen molar-refractivity contribution in [3.05, 3.63) is 29.3 Å². The zero-order valence-electron chi connectivity index (χ0n) is 12.4. The van der Waals surface area contributed by atoms with E-state index in [1.165, 1.54) is 0 Å². The molecule has 1 aromatic rings. The van der Waals surface area contributed by atoms with Crippen molar-refractivity contribution in [1.82, 2.24) is 10.0 Å². The first kappa shape index (κ1) is 15.5. The lowest BCUT2D eigenvalue weighted by Gasteiger charge is -2.12. The van der Waals surface area contributed by atoms with Gasteiger partial charge in [-0.1, -0.05) is 26.0 Å². The van der Waals surface area contributed by atoms with Crippen molar-refractivity contribution in [1.29, 1.82) is 0 Å². The summed E-state index contributed by atoms with van der Waals surface area (Å²) in [5.74, 6) is 1.16. The highest BCUT2D eigenvalue weighted by Gasteiger charge is 2.33. The molecule has 112 valence electrons. The minimum Gasteiger partial charge on any atom is -0.316 e. The lowest BCUT2D eigenvalue weighted by atomic mass is 10.1. The Morgan fingerprint density at radius 3 is 2.60 bits per heavy atom. The normalized spacial score (nSPS) is 21.9. The summed E-state index contributed by atoms with van der Waals surface area (Å²) >= 11 is 0. The van der Waals surface area contributed by atoms with E-state index < -0.39 is 10.0 Å². The Balaban J connectivity index is 2.21. The van der Waals surface area contributed by atoms with Gasteiger partial charge in [-0.25, -0.2) is 13.1 Å². The molecule has 20 heavy (non-hydrogen) atoms. The first-order chi connectivity index (χ1) is 9.47. The number of benzene rings is 1. The number of sulfonamides is 1. The molecule has 2 N–H and O–H groups in total. The first-order valence-electron chi connectivity index (χ1n) is 7.24. The maximum atomic E-state index is 12.5. The van der Waals surface area contributed by atoms with Crippen LogP contribution in [-0.4, -0.2) is 22.0 Å². The van der Waals surface area contributed by atoms with E-state index in [9.17, 15) is 8.42 Å². The van der Waals surface area contributed by atoms with Crippen molar-refractivity contribution in [3.63, 3.8) is 0 Å². The number of rotatable bonds is 7. The second-order valence-electron chi connectivity index (χ2n) is 5.65. The summed E-state index contributed by atoms with van der Waals surface area (Å²) in [6.07, 6.45) is 1.85. The van der Waals surface area contributed by atoms with Crippen LogP contribution in [0, 0.1) is 11.8 Å². The third-order valence-electron chi connectivity index (χ3n) is 3.99. The summed E-state index contributed by atoms with van der Waals surface area (Å²) in [5, 5.41) is 3.05. The SMILES string of the molecule is CCc1ccc(CNC)cc1S(=O)(=O)NCC1CC1C. The van der Waals surface area contributed by atoms with Gasteiger partial charge in [0.15, 0.2) is 0 Å². The second kappa shape index (κ2) is 6.24. The number of hydrogen-bond donors (Lipinski definition) is 2. The molecule has 0 amide bonds. The van der Waals surface area contributed by atoms with Gasteiger partial charge in [0.2, 0.25) is 10.0 Å². The summed E-state index contributed by atoms with van der Waals surface area (Å²) < 4.78 is 27.7. The van der Waals surface area contributed by atoms with Crippen LogP contribution < -0.4 is 10.0 Å². The van der Waals surface area contributed by atoms with Crippen molar-refractivity contribution in [2.24, 2.45) is 11.8 Å². The van der Waals surface area contributed by atoms with Gasteiger partial charge in [-0.2, -0.15) is 0 Å². The Morgan fingerprint density at radius 1 is 1.35 bits per heavy atom. The molecular formula is C15H24N2O2S. The molecule has 2 atom stereocenters. The largest absolute Gasteiger partial charge is 0.316 e. The number of nitrogens with one attached hydrogen (secondary N) is 2. The van der Waals surface area contributed by atoms with Gasteiger partial charge in [-0.05, 0) is 48.9 Å². The smallest absolute Gasteiger partial charge is 0.240 e. The molecule has 0 saturated heterocycles. The molecule has 1 aliphatic rings. The Labute approximate surface area is 122 Å². The third-order valence-corrected chi connectivity index (χ3v) is 5.50. The van der Waals surface area contributed by atoms with E-state index in [0.29, 0.717) is 29.8 Å². The zero-order chi connectivity index (χ0) is 14.8. The van der Waals surface area contributed by atoms with Gasteiger partial charge < -0.3 is 5.32 Å². The molecule has 0 aliphatic heterocycles. The van der Waals surface area contributed by atoms with E-state index in [4.69, 9.17) is 0 Å². The molecule has 1 aromatic carbocycles. The average molecular weight is 296 g/mol. The van der Waals surface area contributed by atoms with Gasteiger partial charge in [0.25, 0.3) is 0 Å². The van der Waals surface area contributed by atoms with Gasteiger partial charge in [-0.15, -0.1) is 0 Å². The van der Waals surface area contributed by atoms with Crippen LogP contribution >= 0.6 is 0 Å². The van der Waals surface area contributed by atoms with Crippen LogP contribution in [0.2, 0.25) is 0 Å². The minimum absolute atomic E-state index is 0.432. The van der Waals surface area contributed by atoms with E-state index in [1.807, 2.05) is 26.1 Å². The fourth-order valence-electron chi connectivity index (χ4n) is 2.43. The molecule has 0 heterocycles. The van der Waals surface area contributed by atoms with Gasteiger partial charge in [0.1, 0.15) is 0 Å². The van der Waals surface area contributed by atoms with Crippen LogP contribution in [0.1, 0.15) is 31.4 Å². The fraction of sp³-hybridized carbons (Fsp3) is 0.600. The molecule has 1 saturated carbocycles. The van der Waals surface area contributed by atoms with E-state index >= 15 is 0 Å². The molecule has 1 fully saturated rings. The highest BCUT2D eigenvalue weighted by Crippen LogP contribution is 2.37. The predicted octanol–water partition coefficient (Wildman–Crippen LogP) is 1.90. The van der Waals surface area contributed by atoms with Crippen molar-refractivity contribution >= 4 is 10.0 Å². The van der Waals surface area contributed by atoms with Crippen LogP contribution in [0.15, 0.2) is 23.1 Å². The van der Waals surface area contributed by atoms with E-state index in [0.717, 1.165) is 24.0 Å². The number of aryl methyl sites for hydroxylation is 1. The van der Waals surface area contributed by atoms with Crippen LogP contribution in [-0.2, 0) is 23.0 Å². The summed E-state index contributed by atoms with van der Waals surface area (Å²) in [7, 11) is -1.54. The fourth-order valence-corrected chi connectivity index (χ4v) is 3.89. The topological polar surface area (TPSA) is 58.2 Å². The van der Waals surface area contributed by atoms with Gasteiger partial charge in [0.05, 0.1) is 4.90 Å². The van der Waals surface area contributed by atoms with Crippen LogP contribution in [0.3, 0.4) is 0 Å². The van der Waals surface area contributed by atoms with E-state index in [2.05, 4.69) is 17.0 Å². The Bertz CT molecular complexity index is 569. The molecule has 1 aliphatic carbocycles. The first-order valence-corrected chi connectivity index (χ1v) is 8.72. The molecule has 0 bridgehead atoms. The van der Waals surface area contributed by atoms with Crippen molar-refractivity contribution in [3.8, 4) is 0 Å². The van der Waals surface area contributed by atoms with Crippen LogP contribution in [0.5, 0.6) is 0 Å². The van der Waals surface area contributed by atoms with E-state index in [-0.39, 0.29) is 0 Å². The lowest BCUT2D eigenvalue weighted by Crippen LogP contribution is -2.27. The molecule has 0 radical (unpaired) electrons. The van der Waals surface area contributed by atoms with Gasteiger partial charge in [0, 0.05) is 13.1 Å². The molecule has 4 nitrogen and oxygen atoms in total. The highest BCUT2D eigenvalue weighted by atomic mass is 32.2. The van der Waals surface area contributed by atoms with Crippen molar-refractivity contribution in [2.75, 3.05) is 13.6 Å². The third kappa shape index (κ3) is 3.59. The maximum absolute atomic E-state index is 12.5. The average Bonchev–Trinajstić information content (AvgIpc) is 3.13. The van der Waals surface area contributed by atoms with Crippen LogP contribution in [0.4, 0.5) is 0 Å². The monoisotopic (exact) mass is 296 g/mol. The van der Waals surface area contributed by atoms with Gasteiger partial charge in [-0.3, -0.25) is 0 Å². The van der Waals surface area contributed by atoms with Crippen molar-refractivity contribution in [2.45, 2.75) is 38.1 Å². The molecule has 0 spiro atoms. The summed E-state index contributed by atoms with van der Waals surface area (Å²) in [6, 6.07) is 5.69.